The number of carbonyl (C=O) groups excluding carboxylic acids is 1. The van der Waals surface area contributed by atoms with Crippen molar-refractivity contribution in [2.45, 2.75) is 13.0 Å². The third-order valence-electron chi connectivity index (χ3n) is 3.80. The summed E-state index contributed by atoms with van der Waals surface area (Å²) in [6.07, 6.45) is 0.912. The maximum atomic E-state index is 12.7. The van der Waals surface area contributed by atoms with Gasteiger partial charge in [-0.25, -0.2) is 8.42 Å². The molecule has 11 heteroatoms. The van der Waals surface area contributed by atoms with E-state index < -0.39 is 26.9 Å². The molecule has 0 aliphatic rings. The van der Waals surface area contributed by atoms with Crippen molar-refractivity contribution >= 4 is 44.6 Å². The Morgan fingerprint density at radius 1 is 1.29 bits per heavy atom. The number of nitrogens with zero attached hydrogens (tertiary/aromatic N) is 2. The first kappa shape index (κ1) is 21.5. The number of halogens is 1. The van der Waals surface area contributed by atoms with E-state index in [4.69, 9.17) is 16.3 Å². The van der Waals surface area contributed by atoms with E-state index in [9.17, 15) is 23.3 Å². The molecular formula is C17H18ClN3O6S. The molecular weight excluding hydrogens is 410 g/mol. The van der Waals surface area contributed by atoms with Gasteiger partial charge in [0, 0.05) is 17.2 Å². The van der Waals surface area contributed by atoms with E-state index in [0.717, 1.165) is 16.6 Å². The normalized spacial score (nSPS) is 12.1. The molecule has 1 N–H and O–H groups in total. The lowest BCUT2D eigenvalue weighted by Crippen LogP contribution is -2.45. The number of hydrogen-bond acceptors (Lipinski definition) is 6. The summed E-state index contributed by atoms with van der Waals surface area (Å²) in [7, 11) is -2.52. The van der Waals surface area contributed by atoms with Crippen LogP contribution in [0.15, 0.2) is 42.5 Å². The van der Waals surface area contributed by atoms with Crippen molar-refractivity contribution in [1.29, 1.82) is 0 Å². The lowest BCUT2D eigenvalue weighted by molar-refractivity contribution is -0.384. The van der Waals surface area contributed by atoms with Crippen LogP contribution in [0.2, 0.25) is 5.02 Å². The minimum absolute atomic E-state index is 0.00240. The molecule has 0 bridgehead atoms. The monoisotopic (exact) mass is 427 g/mol. The number of amides is 1. The van der Waals surface area contributed by atoms with Crippen LogP contribution in [-0.2, 0) is 14.8 Å². The second-order valence-corrected chi connectivity index (χ2v) is 8.14. The Kier molecular flexibility index (Phi) is 6.47. The summed E-state index contributed by atoms with van der Waals surface area (Å²) >= 11 is 5.94. The second kappa shape index (κ2) is 8.44. The summed E-state index contributed by atoms with van der Waals surface area (Å²) in [5.74, 6) is -0.330. The van der Waals surface area contributed by atoms with E-state index in [2.05, 4.69) is 5.32 Å². The minimum atomic E-state index is -3.93. The Morgan fingerprint density at radius 3 is 2.54 bits per heavy atom. The summed E-state index contributed by atoms with van der Waals surface area (Å²) in [5, 5.41) is 13.9. The first-order chi connectivity index (χ1) is 13.0. The van der Waals surface area contributed by atoms with Gasteiger partial charge in [0.15, 0.2) is 0 Å². The molecule has 0 aliphatic heterocycles. The Balaban J connectivity index is 2.40. The van der Waals surface area contributed by atoms with E-state index in [1.807, 2.05) is 0 Å². The fraction of sp³-hybridized carbons (Fsp3) is 0.235. The first-order valence-corrected chi connectivity index (χ1v) is 10.2. The predicted molar refractivity (Wildman–Crippen MR) is 107 cm³/mol. The highest BCUT2D eigenvalue weighted by Gasteiger charge is 2.30. The highest BCUT2D eigenvalue weighted by molar-refractivity contribution is 7.92. The number of carbonyl (C=O) groups is 1. The number of benzene rings is 2. The number of sulfonamides is 1. The number of nitrogens with one attached hydrogen (secondary N) is 1. The second-order valence-electron chi connectivity index (χ2n) is 5.85. The van der Waals surface area contributed by atoms with Crippen molar-refractivity contribution in [3.05, 3.63) is 57.6 Å². The molecule has 0 aliphatic carbocycles. The number of hydrogen-bond donors (Lipinski definition) is 1. The van der Waals surface area contributed by atoms with Gasteiger partial charge in [0.2, 0.25) is 15.9 Å². The Hall–Kier alpha value is -2.85. The highest BCUT2D eigenvalue weighted by atomic mass is 35.5. The molecule has 0 heterocycles. The summed E-state index contributed by atoms with van der Waals surface area (Å²) in [6, 6.07) is 8.41. The lowest BCUT2D eigenvalue weighted by Gasteiger charge is -2.28. The van der Waals surface area contributed by atoms with Gasteiger partial charge >= 0.3 is 0 Å². The van der Waals surface area contributed by atoms with Crippen LogP contribution < -0.4 is 14.4 Å². The smallest absolute Gasteiger partial charge is 0.271 e. The lowest BCUT2D eigenvalue weighted by atomic mass is 10.2. The SMILES string of the molecule is COc1ccc(Cl)cc1NC(=O)C(C)N(c1cccc([N+](=O)[O-])c1)S(C)(=O)=O. The fourth-order valence-corrected chi connectivity index (χ4v) is 3.91. The van der Waals surface area contributed by atoms with Crippen LogP contribution in [0.4, 0.5) is 17.1 Å². The standard InChI is InChI=1S/C17H18ClN3O6S/c1-11(17(22)19-15-9-12(18)7-8-16(15)27-2)20(28(3,25)26)13-5-4-6-14(10-13)21(23)24/h4-11H,1-3H3,(H,19,22). The zero-order valence-electron chi connectivity index (χ0n) is 15.2. The van der Waals surface area contributed by atoms with E-state index in [1.165, 1.54) is 38.3 Å². The van der Waals surface area contributed by atoms with Crippen molar-refractivity contribution in [3.8, 4) is 5.75 Å². The Morgan fingerprint density at radius 2 is 1.96 bits per heavy atom. The molecule has 2 aromatic rings. The fourth-order valence-electron chi connectivity index (χ4n) is 2.57. The molecule has 1 unspecified atom stereocenters. The van der Waals surface area contributed by atoms with Crippen LogP contribution in [0.3, 0.4) is 0 Å². The van der Waals surface area contributed by atoms with Gasteiger partial charge < -0.3 is 10.1 Å². The number of non-ortho nitro benzene ring substituents is 1. The molecule has 1 atom stereocenters. The van der Waals surface area contributed by atoms with Gasteiger partial charge in [0.25, 0.3) is 5.69 Å². The molecule has 28 heavy (non-hydrogen) atoms. The molecule has 9 nitrogen and oxygen atoms in total. The number of nitro benzene ring substituents is 1. The maximum absolute atomic E-state index is 12.7. The topological polar surface area (TPSA) is 119 Å². The van der Waals surface area contributed by atoms with Gasteiger partial charge in [0.05, 0.1) is 29.7 Å². The summed E-state index contributed by atoms with van der Waals surface area (Å²) < 4.78 is 30.6. The number of ether oxygens (including phenoxy) is 1. The molecule has 2 rings (SSSR count). The van der Waals surface area contributed by atoms with Gasteiger partial charge in [-0.1, -0.05) is 17.7 Å². The average Bonchev–Trinajstić information content (AvgIpc) is 2.61. The van der Waals surface area contributed by atoms with Crippen LogP contribution in [0.5, 0.6) is 5.75 Å². The Labute approximate surface area is 167 Å². The van der Waals surface area contributed by atoms with Gasteiger partial charge in [-0.15, -0.1) is 0 Å². The third kappa shape index (κ3) is 4.90. The van der Waals surface area contributed by atoms with Gasteiger partial charge in [0.1, 0.15) is 11.8 Å². The van der Waals surface area contributed by atoms with Crippen molar-refractivity contribution in [2.75, 3.05) is 23.0 Å². The van der Waals surface area contributed by atoms with Crippen LogP contribution in [0.25, 0.3) is 0 Å². The number of anilines is 2. The molecule has 0 fully saturated rings. The Bertz CT molecular complexity index is 1010. The van der Waals surface area contributed by atoms with Gasteiger partial charge in [-0.05, 0) is 31.2 Å². The molecule has 0 radical (unpaired) electrons. The number of nitro groups is 1. The zero-order valence-corrected chi connectivity index (χ0v) is 16.8. The van der Waals surface area contributed by atoms with Crippen molar-refractivity contribution in [1.82, 2.24) is 0 Å². The maximum Gasteiger partial charge on any atom is 0.271 e. The predicted octanol–water partition coefficient (Wildman–Crippen LogP) is 3.05. The van der Waals surface area contributed by atoms with Crippen LogP contribution in [0, 0.1) is 10.1 Å². The molecule has 0 saturated heterocycles. The molecule has 2 aromatic carbocycles. The van der Waals surface area contributed by atoms with Crippen molar-refractivity contribution in [2.24, 2.45) is 0 Å². The van der Waals surface area contributed by atoms with E-state index in [1.54, 1.807) is 12.1 Å². The van der Waals surface area contributed by atoms with Crippen LogP contribution in [-0.4, -0.2) is 38.7 Å². The highest BCUT2D eigenvalue weighted by Crippen LogP contribution is 2.29. The largest absolute Gasteiger partial charge is 0.495 e. The average molecular weight is 428 g/mol. The number of methoxy groups -OCH3 is 1. The minimum Gasteiger partial charge on any atom is -0.495 e. The summed E-state index contributed by atoms with van der Waals surface area (Å²) in [4.78, 5) is 23.1. The van der Waals surface area contributed by atoms with E-state index in [0.29, 0.717) is 10.8 Å². The molecule has 150 valence electrons. The van der Waals surface area contributed by atoms with Gasteiger partial charge in [-0.3, -0.25) is 19.2 Å². The van der Waals surface area contributed by atoms with Crippen LogP contribution >= 0.6 is 11.6 Å². The summed E-state index contributed by atoms with van der Waals surface area (Å²) in [5.41, 5.74) is -0.0352. The quantitative estimate of drug-likeness (QED) is 0.535. The third-order valence-corrected chi connectivity index (χ3v) is 5.28. The molecule has 0 aromatic heterocycles. The van der Waals surface area contributed by atoms with Gasteiger partial charge in [-0.2, -0.15) is 0 Å². The number of rotatable bonds is 7. The van der Waals surface area contributed by atoms with Crippen molar-refractivity contribution in [3.63, 3.8) is 0 Å². The zero-order chi connectivity index (χ0) is 21.1. The van der Waals surface area contributed by atoms with Crippen molar-refractivity contribution < 1.29 is 22.9 Å². The van der Waals surface area contributed by atoms with Crippen LogP contribution in [0.1, 0.15) is 6.92 Å². The first-order valence-electron chi connectivity index (χ1n) is 7.93. The summed E-state index contributed by atoms with van der Waals surface area (Å²) in [6.45, 7) is 1.37. The molecule has 0 saturated carbocycles. The van der Waals surface area contributed by atoms with E-state index in [-0.39, 0.29) is 17.1 Å². The molecule has 1 amide bonds. The van der Waals surface area contributed by atoms with E-state index >= 15 is 0 Å². The molecule has 0 spiro atoms.